The molecule has 1 aromatic carbocycles. The van der Waals surface area contributed by atoms with Crippen molar-refractivity contribution in [3.05, 3.63) is 46.8 Å². The van der Waals surface area contributed by atoms with E-state index in [2.05, 4.69) is 15.6 Å². The lowest BCUT2D eigenvalue weighted by molar-refractivity contribution is -0.125. The van der Waals surface area contributed by atoms with E-state index < -0.39 is 6.10 Å². The van der Waals surface area contributed by atoms with Gasteiger partial charge in [-0.2, -0.15) is 5.10 Å². The molecule has 1 atom stereocenters. The normalized spacial score (nSPS) is 16.7. The molecular weight excluding hydrogens is 304 g/mol. The maximum atomic E-state index is 12.4. The molecule has 1 unspecified atom stereocenters. The molecule has 6 heteroatoms. The fourth-order valence-electron chi connectivity index (χ4n) is 2.68. The Bertz CT molecular complexity index is 807. The van der Waals surface area contributed by atoms with Gasteiger partial charge in [0.1, 0.15) is 0 Å². The van der Waals surface area contributed by atoms with Gasteiger partial charge in [0.2, 0.25) is 6.10 Å². The number of aromatic nitrogens is 2. The van der Waals surface area contributed by atoms with Crippen molar-refractivity contribution in [1.29, 1.82) is 0 Å². The number of rotatable bonds is 4. The second kappa shape index (κ2) is 6.47. The molecule has 1 aromatic heterocycles. The third kappa shape index (κ3) is 3.18. The molecule has 0 bridgehead atoms. The molecule has 1 amide bonds. The predicted molar refractivity (Wildman–Crippen MR) is 93.2 cm³/mol. The minimum atomic E-state index is -0.606. The maximum Gasteiger partial charge on any atom is 0.268 e. The third-order valence-electron chi connectivity index (χ3n) is 4.32. The van der Waals surface area contributed by atoms with E-state index in [-0.39, 0.29) is 5.91 Å². The average Bonchev–Trinajstić information content (AvgIpc) is 3.17. The van der Waals surface area contributed by atoms with E-state index in [0.717, 1.165) is 34.8 Å². The summed E-state index contributed by atoms with van der Waals surface area (Å²) >= 11 is 0. The largest absolute Gasteiger partial charge is 0.382 e. The monoisotopic (exact) mass is 326 g/mol. The fourth-order valence-corrected chi connectivity index (χ4v) is 2.68. The summed E-state index contributed by atoms with van der Waals surface area (Å²) in [5.74, 6) is -0.183. The number of hydrogen-bond donors (Lipinski definition) is 1. The van der Waals surface area contributed by atoms with Crippen LogP contribution in [0.2, 0.25) is 0 Å². The lowest BCUT2D eigenvalue weighted by atomic mass is 10.1. The van der Waals surface area contributed by atoms with Gasteiger partial charge in [-0.3, -0.25) is 9.48 Å². The van der Waals surface area contributed by atoms with Crippen LogP contribution in [-0.2, 0) is 16.2 Å². The highest BCUT2D eigenvalue weighted by molar-refractivity contribution is 6.06. The molecule has 6 nitrogen and oxygen atoms in total. The zero-order chi connectivity index (χ0) is 17.3. The van der Waals surface area contributed by atoms with Crippen molar-refractivity contribution < 1.29 is 9.63 Å². The standard InChI is InChI=1S/C18H22N4O2/c1-5-22-10-15(13(4)20-22)16-9-17(24-21-16)18(23)19-14-7-6-11(2)12(3)8-14/h6-8,10,17H,5,9H2,1-4H3,(H,19,23). The first-order valence-corrected chi connectivity index (χ1v) is 8.13. The molecule has 0 radical (unpaired) electrons. The van der Waals surface area contributed by atoms with E-state index >= 15 is 0 Å². The molecule has 0 saturated carbocycles. The van der Waals surface area contributed by atoms with Crippen molar-refractivity contribution in [3.8, 4) is 0 Å². The van der Waals surface area contributed by atoms with E-state index in [4.69, 9.17) is 4.84 Å². The van der Waals surface area contributed by atoms with E-state index in [1.807, 2.05) is 56.8 Å². The molecule has 0 saturated heterocycles. The van der Waals surface area contributed by atoms with E-state index in [9.17, 15) is 4.79 Å². The van der Waals surface area contributed by atoms with E-state index in [0.29, 0.717) is 6.42 Å². The Morgan fingerprint density at radius 2 is 2.12 bits per heavy atom. The molecule has 2 aromatic rings. The SMILES string of the molecule is CCn1cc(C2=NOC(C(=O)Nc3ccc(C)c(C)c3)C2)c(C)n1. The van der Waals surface area contributed by atoms with E-state index in [1.165, 1.54) is 5.56 Å². The lowest BCUT2D eigenvalue weighted by Gasteiger charge is -2.10. The summed E-state index contributed by atoms with van der Waals surface area (Å²) in [5, 5.41) is 11.4. The van der Waals surface area contributed by atoms with Crippen LogP contribution in [-0.4, -0.2) is 27.5 Å². The predicted octanol–water partition coefficient (Wildman–Crippen LogP) is 2.96. The molecule has 3 rings (SSSR count). The van der Waals surface area contributed by atoms with Crippen molar-refractivity contribution in [2.75, 3.05) is 5.32 Å². The quantitative estimate of drug-likeness (QED) is 0.939. The van der Waals surface area contributed by atoms with Crippen LogP contribution in [0.1, 0.15) is 35.7 Å². The number of aryl methyl sites for hydroxylation is 4. The fraction of sp³-hybridized carbons (Fsp3) is 0.389. The van der Waals surface area contributed by atoms with Gasteiger partial charge in [0.25, 0.3) is 5.91 Å². The summed E-state index contributed by atoms with van der Waals surface area (Å²) in [5.41, 5.74) is 5.72. The summed E-state index contributed by atoms with van der Waals surface area (Å²) in [6.45, 7) is 8.83. The Morgan fingerprint density at radius 1 is 1.33 bits per heavy atom. The molecule has 1 aliphatic rings. The summed E-state index contributed by atoms with van der Waals surface area (Å²) < 4.78 is 1.86. The van der Waals surface area contributed by atoms with Gasteiger partial charge >= 0.3 is 0 Å². The van der Waals surface area contributed by atoms with Crippen LogP contribution in [0.25, 0.3) is 0 Å². The highest BCUT2D eigenvalue weighted by Gasteiger charge is 2.30. The number of carbonyl (C=O) groups excluding carboxylic acids is 1. The molecule has 0 fully saturated rings. The van der Waals surface area contributed by atoms with Crippen LogP contribution >= 0.6 is 0 Å². The van der Waals surface area contributed by atoms with Crippen molar-refractivity contribution in [2.45, 2.75) is 46.8 Å². The number of nitrogens with zero attached hydrogens (tertiary/aromatic N) is 3. The Kier molecular flexibility index (Phi) is 4.38. The molecule has 0 aliphatic carbocycles. The number of nitrogens with one attached hydrogen (secondary N) is 1. The molecular formula is C18H22N4O2. The number of amides is 1. The minimum absolute atomic E-state index is 0.183. The second-order valence-electron chi connectivity index (χ2n) is 6.11. The van der Waals surface area contributed by atoms with Crippen LogP contribution < -0.4 is 5.32 Å². The average molecular weight is 326 g/mol. The Hall–Kier alpha value is -2.63. The number of carbonyl (C=O) groups is 1. The highest BCUT2D eigenvalue weighted by Crippen LogP contribution is 2.21. The first-order chi connectivity index (χ1) is 11.5. The zero-order valence-electron chi connectivity index (χ0n) is 14.5. The number of anilines is 1. The summed E-state index contributed by atoms with van der Waals surface area (Å²) in [6, 6.07) is 5.84. The van der Waals surface area contributed by atoms with Crippen LogP contribution in [0.15, 0.2) is 29.6 Å². The van der Waals surface area contributed by atoms with Crippen molar-refractivity contribution in [2.24, 2.45) is 5.16 Å². The first-order valence-electron chi connectivity index (χ1n) is 8.13. The van der Waals surface area contributed by atoms with Gasteiger partial charge in [0, 0.05) is 30.4 Å². The third-order valence-corrected chi connectivity index (χ3v) is 4.32. The zero-order valence-corrected chi connectivity index (χ0v) is 14.5. The number of benzene rings is 1. The molecule has 126 valence electrons. The Balaban J connectivity index is 1.66. The number of hydrogen-bond acceptors (Lipinski definition) is 4. The minimum Gasteiger partial charge on any atom is -0.382 e. The summed E-state index contributed by atoms with van der Waals surface area (Å²) in [6.07, 6.45) is 1.79. The summed E-state index contributed by atoms with van der Waals surface area (Å²) in [7, 11) is 0. The van der Waals surface area contributed by atoms with Crippen molar-refractivity contribution in [3.63, 3.8) is 0 Å². The number of oxime groups is 1. The molecule has 1 N–H and O–H groups in total. The lowest BCUT2D eigenvalue weighted by Crippen LogP contribution is -2.28. The van der Waals surface area contributed by atoms with Crippen LogP contribution in [0.4, 0.5) is 5.69 Å². The Labute approximate surface area is 141 Å². The van der Waals surface area contributed by atoms with Gasteiger partial charge in [0.15, 0.2) is 0 Å². The van der Waals surface area contributed by atoms with Crippen LogP contribution in [0.5, 0.6) is 0 Å². The van der Waals surface area contributed by atoms with Gasteiger partial charge in [-0.25, -0.2) is 0 Å². The smallest absolute Gasteiger partial charge is 0.268 e. The van der Waals surface area contributed by atoms with Crippen molar-refractivity contribution >= 4 is 17.3 Å². The van der Waals surface area contributed by atoms with Gasteiger partial charge in [-0.15, -0.1) is 0 Å². The van der Waals surface area contributed by atoms with Crippen molar-refractivity contribution in [1.82, 2.24) is 9.78 Å². The summed E-state index contributed by atoms with van der Waals surface area (Å²) in [4.78, 5) is 17.7. The maximum absolute atomic E-state index is 12.4. The highest BCUT2D eigenvalue weighted by atomic mass is 16.6. The van der Waals surface area contributed by atoms with Gasteiger partial charge in [-0.05, 0) is 51.0 Å². The van der Waals surface area contributed by atoms with E-state index in [1.54, 1.807) is 0 Å². The van der Waals surface area contributed by atoms with Gasteiger partial charge < -0.3 is 10.2 Å². The second-order valence-corrected chi connectivity index (χ2v) is 6.11. The Morgan fingerprint density at radius 3 is 2.79 bits per heavy atom. The van der Waals surface area contributed by atoms with Crippen LogP contribution in [0.3, 0.4) is 0 Å². The van der Waals surface area contributed by atoms with Gasteiger partial charge in [0.05, 0.1) is 11.4 Å². The molecule has 2 heterocycles. The molecule has 1 aliphatic heterocycles. The topological polar surface area (TPSA) is 68.5 Å². The molecule has 0 spiro atoms. The first kappa shape index (κ1) is 16.2. The molecule has 24 heavy (non-hydrogen) atoms. The van der Waals surface area contributed by atoms with Gasteiger partial charge in [-0.1, -0.05) is 11.2 Å². The van der Waals surface area contributed by atoms with Crippen LogP contribution in [0, 0.1) is 20.8 Å².